The van der Waals surface area contributed by atoms with Gasteiger partial charge in [-0.25, -0.2) is 0 Å². The van der Waals surface area contributed by atoms with Crippen molar-refractivity contribution < 1.29 is 36.4 Å². The van der Waals surface area contributed by atoms with E-state index in [0.717, 1.165) is 6.08 Å². The molecule has 26 heavy (non-hydrogen) atoms. The zero-order valence-electron chi connectivity index (χ0n) is 14.9. The lowest BCUT2D eigenvalue weighted by atomic mass is 9.67. The van der Waals surface area contributed by atoms with Crippen molar-refractivity contribution in [1.82, 2.24) is 5.32 Å². The predicted molar refractivity (Wildman–Crippen MR) is 88.6 cm³/mol. The van der Waals surface area contributed by atoms with Crippen LogP contribution >= 0.6 is 0 Å². The molecule has 3 aliphatic heterocycles. The Hall–Kier alpha value is -1.49. The number of fused-ring (bicyclic) bond motifs is 1. The van der Waals surface area contributed by atoms with Crippen LogP contribution in [0, 0.1) is 0 Å². The van der Waals surface area contributed by atoms with Crippen molar-refractivity contribution in [1.29, 1.82) is 0 Å². The Bertz CT molecular complexity index is 751. The van der Waals surface area contributed by atoms with Gasteiger partial charge in [0.1, 0.15) is 35.7 Å². The van der Waals surface area contributed by atoms with Crippen LogP contribution in [0.1, 0.15) is 27.2 Å². The Balaban J connectivity index is 1.58. The molecule has 1 N–H and O–H groups in total. The third-order valence-corrected chi connectivity index (χ3v) is 7.54. The summed E-state index contributed by atoms with van der Waals surface area (Å²) in [5, 5.41) is 1.63. The van der Waals surface area contributed by atoms with Crippen LogP contribution in [0.3, 0.4) is 0 Å². The number of rotatable bonds is 7. The molecule has 10 heteroatoms. The number of ether oxygens (including phenoxy) is 3. The maximum Gasteiger partial charge on any atom is 0.325 e. The molecule has 9 nitrogen and oxygen atoms in total. The molecular formula is C16H23NO8S. The number of esters is 1. The van der Waals surface area contributed by atoms with Gasteiger partial charge >= 0.3 is 5.97 Å². The molecule has 0 radical (unpaired) electrons. The standard InChI is InChI=1S/C16H23NO8S/c1-5-11(18)17-9-12(19)22-6-7-23-16(4)14(2)8-10-13(24-14)15(16,3)25-26(10,20)21/h5,10,13H,1,6-9H2,2-4H3,(H,17,18). The molecule has 0 aliphatic carbocycles. The second kappa shape index (κ2) is 6.01. The Morgan fingerprint density at radius 2 is 2.00 bits per heavy atom. The summed E-state index contributed by atoms with van der Waals surface area (Å²) in [5.41, 5.74) is -2.97. The Labute approximate surface area is 152 Å². The molecule has 2 bridgehead atoms. The van der Waals surface area contributed by atoms with Crippen LogP contribution < -0.4 is 5.32 Å². The molecule has 5 unspecified atom stereocenters. The van der Waals surface area contributed by atoms with E-state index in [-0.39, 0.29) is 19.8 Å². The van der Waals surface area contributed by atoms with Crippen molar-refractivity contribution in [3.05, 3.63) is 12.7 Å². The molecule has 3 aliphatic rings. The third-order valence-electron chi connectivity index (χ3n) is 5.80. The minimum Gasteiger partial charge on any atom is -0.462 e. The van der Waals surface area contributed by atoms with Gasteiger partial charge in [0.2, 0.25) is 5.91 Å². The van der Waals surface area contributed by atoms with E-state index in [1.165, 1.54) is 0 Å². The lowest BCUT2D eigenvalue weighted by Gasteiger charge is -2.45. The molecule has 0 aromatic carbocycles. The minimum absolute atomic E-state index is 0.0347. The van der Waals surface area contributed by atoms with Crippen LogP contribution in [0.5, 0.6) is 0 Å². The number of nitrogens with one attached hydrogen (secondary N) is 1. The van der Waals surface area contributed by atoms with Gasteiger partial charge in [0.15, 0.2) is 0 Å². The Morgan fingerprint density at radius 1 is 1.31 bits per heavy atom. The van der Waals surface area contributed by atoms with Crippen molar-refractivity contribution in [2.24, 2.45) is 0 Å². The summed E-state index contributed by atoms with van der Waals surface area (Å²) in [6.45, 7) is 8.24. The average Bonchev–Trinajstić information content (AvgIpc) is 3.07. The predicted octanol–water partition coefficient (Wildman–Crippen LogP) is -0.344. The zero-order chi connectivity index (χ0) is 19.4. The van der Waals surface area contributed by atoms with Crippen molar-refractivity contribution in [3.8, 4) is 0 Å². The molecule has 0 spiro atoms. The van der Waals surface area contributed by atoms with Crippen LogP contribution in [0.25, 0.3) is 0 Å². The van der Waals surface area contributed by atoms with Crippen molar-refractivity contribution in [2.45, 2.75) is 55.3 Å². The molecule has 146 valence electrons. The van der Waals surface area contributed by atoms with Crippen LogP contribution in [0.4, 0.5) is 0 Å². The van der Waals surface area contributed by atoms with E-state index in [0.29, 0.717) is 6.42 Å². The minimum atomic E-state index is -3.70. The van der Waals surface area contributed by atoms with Crippen molar-refractivity contribution in [2.75, 3.05) is 19.8 Å². The van der Waals surface area contributed by atoms with Gasteiger partial charge in [0.25, 0.3) is 10.1 Å². The molecule has 1 amide bonds. The molecule has 3 rings (SSSR count). The normalized spacial score (nSPS) is 41.8. The first-order valence-electron chi connectivity index (χ1n) is 8.31. The second-order valence-corrected chi connectivity index (χ2v) is 8.98. The SMILES string of the molecule is C=CC(=O)NCC(=O)OCCOC1(C)C2(C)CC3C(O2)C1(C)OS3(=O)=O. The molecule has 0 aromatic rings. The van der Waals surface area contributed by atoms with Crippen LogP contribution in [-0.2, 0) is 38.1 Å². The van der Waals surface area contributed by atoms with E-state index in [9.17, 15) is 18.0 Å². The lowest BCUT2D eigenvalue weighted by molar-refractivity contribution is -0.183. The largest absolute Gasteiger partial charge is 0.462 e. The third kappa shape index (κ3) is 2.58. The Morgan fingerprint density at radius 3 is 2.65 bits per heavy atom. The highest BCUT2D eigenvalue weighted by molar-refractivity contribution is 7.87. The summed E-state index contributed by atoms with van der Waals surface area (Å²) in [7, 11) is -3.70. The quantitative estimate of drug-likeness (QED) is 0.272. The number of hydrogen-bond acceptors (Lipinski definition) is 8. The highest BCUT2D eigenvalue weighted by Gasteiger charge is 2.82. The molecule has 0 aromatic heterocycles. The van der Waals surface area contributed by atoms with E-state index in [1.54, 1.807) is 13.8 Å². The molecule has 3 heterocycles. The summed E-state index contributed by atoms with van der Waals surface area (Å²) < 4.78 is 46.8. The number of carbonyl (C=O) groups excluding carboxylic acids is 2. The summed E-state index contributed by atoms with van der Waals surface area (Å²) >= 11 is 0. The maximum atomic E-state index is 12.2. The first kappa shape index (κ1) is 19.3. The van der Waals surface area contributed by atoms with E-state index in [1.807, 2.05) is 6.92 Å². The summed E-state index contributed by atoms with van der Waals surface area (Å²) in [6.07, 6.45) is 0.759. The molecule has 3 saturated heterocycles. The average molecular weight is 389 g/mol. The monoisotopic (exact) mass is 389 g/mol. The van der Waals surface area contributed by atoms with E-state index >= 15 is 0 Å². The van der Waals surface area contributed by atoms with Crippen molar-refractivity contribution in [3.63, 3.8) is 0 Å². The van der Waals surface area contributed by atoms with Crippen LogP contribution in [0.15, 0.2) is 12.7 Å². The highest BCUT2D eigenvalue weighted by atomic mass is 32.2. The van der Waals surface area contributed by atoms with Gasteiger partial charge in [-0.1, -0.05) is 6.58 Å². The Kier molecular flexibility index (Phi) is 4.46. The first-order chi connectivity index (χ1) is 12.0. The van der Waals surface area contributed by atoms with Gasteiger partial charge < -0.3 is 19.5 Å². The fourth-order valence-corrected chi connectivity index (χ4v) is 6.13. The summed E-state index contributed by atoms with van der Waals surface area (Å²) in [4.78, 5) is 22.5. The number of amides is 1. The van der Waals surface area contributed by atoms with Crippen molar-refractivity contribution >= 4 is 22.0 Å². The smallest absolute Gasteiger partial charge is 0.325 e. The second-order valence-electron chi connectivity index (χ2n) is 7.22. The molecular weight excluding hydrogens is 366 g/mol. The van der Waals surface area contributed by atoms with Crippen LogP contribution in [0.2, 0.25) is 0 Å². The van der Waals surface area contributed by atoms with Gasteiger partial charge in [0.05, 0.1) is 12.2 Å². The number of carbonyl (C=O) groups is 2. The fourth-order valence-electron chi connectivity index (χ4n) is 4.13. The highest BCUT2D eigenvalue weighted by Crippen LogP contribution is 2.64. The van der Waals surface area contributed by atoms with Gasteiger partial charge in [-0.2, -0.15) is 8.42 Å². The number of hydrogen-bond donors (Lipinski definition) is 1. The van der Waals surface area contributed by atoms with E-state index < -0.39 is 50.2 Å². The fraction of sp³-hybridized carbons (Fsp3) is 0.750. The molecule has 3 fully saturated rings. The zero-order valence-corrected chi connectivity index (χ0v) is 15.8. The summed E-state index contributed by atoms with van der Waals surface area (Å²) in [5.74, 6) is -1.09. The van der Waals surface area contributed by atoms with Gasteiger partial charge in [-0.05, 0) is 26.8 Å². The van der Waals surface area contributed by atoms with Gasteiger partial charge in [-0.15, -0.1) is 0 Å². The van der Waals surface area contributed by atoms with Gasteiger partial charge in [-0.3, -0.25) is 13.8 Å². The van der Waals surface area contributed by atoms with Gasteiger partial charge in [0, 0.05) is 6.42 Å². The topological polar surface area (TPSA) is 117 Å². The molecule has 0 saturated carbocycles. The van der Waals surface area contributed by atoms with E-state index in [2.05, 4.69) is 11.9 Å². The van der Waals surface area contributed by atoms with Crippen LogP contribution in [-0.4, -0.2) is 68.2 Å². The van der Waals surface area contributed by atoms with E-state index in [4.69, 9.17) is 18.4 Å². The summed E-state index contributed by atoms with van der Waals surface area (Å²) in [6, 6.07) is 0. The first-order valence-corrected chi connectivity index (χ1v) is 9.78. The lowest BCUT2D eigenvalue weighted by Crippen LogP contribution is -2.63. The molecule has 5 atom stereocenters. The maximum absolute atomic E-state index is 12.2.